The smallest absolute Gasteiger partial charge is 0.387 e. The van der Waals surface area contributed by atoms with Crippen molar-refractivity contribution in [2.45, 2.75) is 6.61 Å². The van der Waals surface area contributed by atoms with E-state index in [0.717, 1.165) is 0 Å². The van der Waals surface area contributed by atoms with Crippen molar-refractivity contribution in [3.05, 3.63) is 24.3 Å². The summed E-state index contributed by atoms with van der Waals surface area (Å²) in [5.74, 6) is 0.107. The maximum absolute atomic E-state index is 12.1. The second kappa shape index (κ2) is 4.78. The summed E-state index contributed by atoms with van der Waals surface area (Å²) in [7, 11) is 0. The summed E-state index contributed by atoms with van der Waals surface area (Å²) in [5.41, 5.74) is 11.3. The zero-order valence-electron chi connectivity index (χ0n) is 9.05. The number of anilines is 2. The Labute approximate surface area is 101 Å². The lowest BCUT2D eigenvalue weighted by Crippen LogP contribution is -2.05. The van der Waals surface area contributed by atoms with Crippen LogP contribution in [0.5, 0.6) is 5.75 Å². The maximum Gasteiger partial charge on any atom is 0.387 e. The van der Waals surface area contributed by atoms with E-state index in [0.29, 0.717) is 5.56 Å². The van der Waals surface area contributed by atoms with Gasteiger partial charge in [0, 0.05) is 5.56 Å². The van der Waals surface area contributed by atoms with Gasteiger partial charge in [-0.2, -0.15) is 23.7 Å². The van der Waals surface area contributed by atoms with Crippen LogP contribution in [0.2, 0.25) is 0 Å². The standard InChI is InChI=1S/C10H9F2N5O/c11-8(12)18-6-3-1-2-5(4-6)7-15-9(13)17-10(14)16-7/h1-4,8H,(H4,13,14,15,16,17). The number of ether oxygens (including phenoxy) is 1. The molecular weight excluding hydrogens is 244 g/mol. The quantitative estimate of drug-likeness (QED) is 0.855. The monoisotopic (exact) mass is 253 g/mol. The molecule has 18 heavy (non-hydrogen) atoms. The molecule has 0 atom stereocenters. The molecule has 0 fully saturated rings. The number of hydrogen-bond acceptors (Lipinski definition) is 6. The highest BCUT2D eigenvalue weighted by atomic mass is 19.3. The number of nitrogens with zero attached hydrogens (tertiary/aromatic N) is 3. The number of rotatable bonds is 3. The highest BCUT2D eigenvalue weighted by Crippen LogP contribution is 2.22. The molecule has 0 saturated carbocycles. The van der Waals surface area contributed by atoms with Crippen molar-refractivity contribution < 1.29 is 13.5 Å². The first-order valence-electron chi connectivity index (χ1n) is 4.87. The predicted octanol–water partition coefficient (Wildman–Crippen LogP) is 1.30. The predicted molar refractivity (Wildman–Crippen MR) is 60.7 cm³/mol. The fourth-order valence-corrected chi connectivity index (χ4v) is 1.35. The van der Waals surface area contributed by atoms with Crippen molar-refractivity contribution in [2.75, 3.05) is 11.5 Å². The van der Waals surface area contributed by atoms with Gasteiger partial charge < -0.3 is 16.2 Å². The number of nitrogens with two attached hydrogens (primary N) is 2. The second-order valence-corrected chi connectivity index (χ2v) is 3.28. The molecule has 0 spiro atoms. The van der Waals surface area contributed by atoms with E-state index in [1.807, 2.05) is 0 Å². The molecule has 6 nitrogen and oxygen atoms in total. The minimum absolute atomic E-state index is 0.0000510. The molecule has 94 valence electrons. The van der Waals surface area contributed by atoms with Gasteiger partial charge in [-0.05, 0) is 12.1 Å². The molecule has 1 aromatic heterocycles. The first-order chi connectivity index (χ1) is 8.54. The van der Waals surface area contributed by atoms with Crippen LogP contribution in [-0.4, -0.2) is 21.6 Å². The number of halogens is 2. The summed E-state index contributed by atoms with van der Waals surface area (Å²) < 4.78 is 28.4. The Morgan fingerprint density at radius 1 is 1.06 bits per heavy atom. The average molecular weight is 253 g/mol. The van der Waals surface area contributed by atoms with E-state index < -0.39 is 6.61 Å². The van der Waals surface area contributed by atoms with Gasteiger partial charge in [0.15, 0.2) is 5.82 Å². The van der Waals surface area contributed by atoms with Crippen LogP contribution >= 0.6 is 0 Å². The van der Waals surface area contributed by atoms with Gasteiger partial charge in [-0.25, -0.2) is 0 Å². The molecule has 0 bridgehead atoms. The Kier molecular flexibility index (Phi) is 3.18. The van der Waals surface area contributed by atoms with Gasteiger partial charge in [-0.1, -0.05) is 12.1 Å². The van der Waals surface area contributed by atoms with E-state index in [9.17, 15) is 8.78 Å². The zero-order valence-corrected chi connectivity index (χ0v) is 9.05. The van der Waals surface area contributed by atoms with Gasteiger partial charge in [0.2, 0.25) is 11.9 Å². The molecule has 1 heterocycles. The minimum atomic E-state index is -2.89. The molecule has 0 aliphatic heterocycles. The van der Waals surface area contributed by atoms with Crippen molar-refractivity contribution in [1.29, 1.82) is 0 Å². The maximum atomic E-state index is 12.1. The van der Waals surface area contributed by atoms with Crippen molar-refractivity contribution in [1.82, 2.24) is 15.0 Å². The summed E-state index contributed by atoms with van der Waals surface area (Å²) in [6.45, 7) is -2.89. The molecule has 0 saturated heterocycles. The minimum Gasteiger partial charge on any atom is -0.435 e. The fourth-order valence-electron chi connectivity index (χ4n) is 1.35. The van der Waals surface area contributed by atoms with Crippen molar-refractivity contribution >= 4 is 11.9 Å². The van der Waals surface area contributed by atoms with Crippen LogP contribution in [0.15, 0.2) is 24.3 Å². The van der Waals surface area contributed by atoms with Crippen LogP contribution < -0.4 is 16.2 Å². The van der Waals surface area contributed by atoms with Gasteiger partial charge >= 0.3 is 6.61 Å². The lowest BCUT2D eigenvalue weighted by atomic mass is 10.2. The lowest BCUT2D eigenvalue weighted by molar-refractivity contribution is -0.0498. The van der Waals surface area contributed by atoms with Crippen molar-refractivity contribution in [2.24, 2.45) is 0 Å². The molecular formula is C10H9F2N5O. The fraction of sp³-hybridized carbons (Fsp3) is 0.100. The molecule has 0 aliphatic rings. The van der Waals surface area contributed by atoms with Crippen LogP contribution in [0.4, 0.5) is 20.7 Å². The van der Waals surface area contributed by atoms with E-state index >= 15 is 0 Å². The molecule has 2 aromatic rings. The lowest BCUT2D eigenvalue weighted by Gasteiger charge is -2.06. The summed E-state index contributed by atoms with van der Waals surface area (Å²) in [5, 5.41) is 0. The summed E-state index contributed by atoms with van der Waals surface area (Å²) >= 11 is 0. The normalized spacial score (nSPS) is 10.6. The first-order valence-corrected chi connectivity index (χ1v) is 4.87. The largest absolute Gasteiger partial charge is 0.435 e. The van der Waals surface area contributed by atoms with Gasteiger partial charge in [0.1, 0.15) is 5.75 Å². The number of aromatic nitrogens is 3. The SMILES string of the molecule is Nc1nc(N)nc(-c2cccc(OC(F)F)c2)n1. The van der Waals surface area contributed by atoms with Crippen LogP contribution in [0.3, 0.4) is 0 Å². The summed E-state index contributed by atoms with van der Waals surface area (Å²) in [6.07, 6.45) is 0. The molecule has 0 aliphatic carbocycles. The van der Waals surface area contributed by atoms with E-state index in [2.05, 4.69) is 19.7 Å². The Hall–Kier alpha value is -2.51. The zero-order chi connectivity index (χ0) is 13.1. The third-order valence-corrected chi connectivity index (χ3v) is 1.99. The molecule has 0 unspecified atom stereocenters. The van der Waals surface area contributed by atoms with E-state index in [1.165, 1.54) is 18.2 Å². The molecule has 0 amide bonds. The highest BCUT2D eigenvalue weighted by molar-refractivity contribution is 5.59. The third kappa shape index (κ3) is 2.78. The van der Waals surface area contributed by atoms with Crippen LogP contribution in [0.25, 0.3) is 11.4 Å². The molecule has 0 radical (unpaired) electrons. The van der Waals surface area contributed by atoms with Crippen LogP contribution in [-0.2, 0) is 0 Å². The third-order valence-electron chi connectivity index (χ3n) is 1.99. The molecule has 4 N–H and O–H groups in total. The van der Waals surface area contributed by atoms with Gasteiger partial charge in [-0.3, -0.25) is 0 Å². The number of hydrogen-bond donors (Lipinski definition) is 2. The second-order valence-electron chi connectivity index (χ2n) is 3.28. The van der Waals surface area contributed by atoms with E-state index in [4.69, 9.17) is 11.5 Å². The summed E-state index contributed by atoms with van der Waals surface area (Å²) in [4.78, 5) is 11.3. The Morgan fingerprint density at radius 2 is 1.72 bits per heavy atom. The first kappa shape index (κ1) is 12.0. The van der Waals surface area contributed by atoms with Crippen molar-refractivity contribution in [3.63, 3.8) is 0 Å². The Bertz CT molecular complexity index is 543. The summed E-state index contributed by atoms with van der Waals surface area (Å²) in [6, 6.07) is 5.90. The number of benzene rings is 1. The number of nitrogen functional groups attached to an aromatic ring is 2. The van der Waals surface area contributed by atoms with Crippen LogP contribution in [0.1, 0.15) is 0 Å². The van der Waals surface area contributed by atoms with Gasteiger partial charge in [-0.15, -0.1) is 0 Å². The highest BCUT2D eigenvalue weighted by Gasteiger charge is 2.08. The van der Waals surface area contributed by atoms with Gasteiger partial charge in [0.05, 0.1) is 0 Å². The number of alkyl halides is 2. The van der Waals surface area contributed by atoms with Crippen LogP contribution in [0, 0.1) is 0 Å². The Morgan fingerprint density at radius 3 is 2.33 bits per heavy atom. The molecule has 8 heteroatoms. The van der Waals surface area contributed by atoms with E-state index in [1.54, 1.807) is 6.07 Å². The Balaban J connectivity index is 2.38. The average Bonchev–Trinajstić information content (AvgIpc) is 2.27. The topological polar surface area (TPSA) is 99.9 Å². The molecule has 2 rings (SSSR count). The van der Waals surface area contributed by atoms with Gasteiger partial charge in [0.25, 0.3) is 0 Å². The van der Waals surface area contributed by atoms with E-state index in [-0.39, 0.29) is 23.5 Å². The molecule has 1 aromatic carbocycles. The van der Waals surface area contributed by atoms with Crippen molar-refractivity contribution in [3.8, 4) is 17.1 Å².